The molecule has 0 bridgehead atoms. The summed E-state index contributed by atoms with van der Waals surface area (Å²) in [4.78, 5) is 26.3. The van der Waals surface area contributed by atoms with Crippen molar-refractivity contribution in [3.05, 3.63) is 58.1 Å². The average molecular weight is 334 g/mol. The number of anilines is 1. The van der Waals surface area contributed by atoms with E-state index in [1.807, 2.05) is 0 Å². The summed E-state index contributed by atoms with van der Waals surface area (Å²) in [5.74, 6) is -0.614. The van der Waals surface area contributed by atoms with Crippen LogP contribution < -0.4 is 4.90 Å². The van der Waals surface area contributed by atoms with Gasteiger partial charge in [0, 0.05) is 9.37 Å². The van der Waals surface area contributed by atoms with Crippen LogP contribution in [0.3, 0.4) is 0 Å². The van der Waals surface area contributed by atoms with Gasteiger partial charge in [-0.3, -0.25) is 9.59 Å². The van der Waals surface area contributed by atoms with Gasteiger partial charge in [-0.05, 0) is 30.3 Å². The lowest BCUT2D eigenvalue weighted by molar-refractivity contribution is 0.0925. The molecule has 0 N–H and O–H groups in total. The zero-order chi connectivity index (χ0) is 13.6. The molecule has 3 nitrogen and oxygen atoms in total. The highest BCUT2D eigenvalue weighted by Gasteiger charge is 2.36. The van der Waals surface area contributed by atoms with E-state index in [1.54, 1.807) is 42.5 Å². The van der Waals surface area contributed by atoms with Crippen LogP contribution in [0.5, 0.6) is 0 Å². The summed E-state index contributed by atoms with van der Waals surface area (Å²) < 4.78 is 0.845. The number of imide groups is 1. The van der Waals surface area contributed by atoms with Crippen molar-refractivity contribution in [2.45, 2.75) is 4.90 Å². The average Bonchev–Trinajstić information content (AvgIpc) is 2.64. The Labute approximate surface area is 123 Å². The van der Waals surface area contributed by atoms with E-state index in [9.17, 15) is 9.59 Å². The molecule has 0 spiro atoms. The standard InChI is InChI=1S/C14H8BrNO2S/c15-8-5-6-11(12(19)7-8)16-13(17)9-3-1-2-4-10(9)14(16)18/h1-7,19H. The molecular formula is C14H8BrNO2S. The van der Waals surface area contributed by atoms with Gasteiger partial charge in [0.15, 0.2) is 0 Å². The number of carbonyl (C=O) groups is 2. The number of nitrogens with zero attached hydrogens (tertiary/aromatic N) is 1. The molecule has 2 aromatic carbocycles. The summed E-state index contributed by atoms with van der Waals surface area (Å²) in [7, 11) is 0. The summed E-state index contributed by atoms with van der Waals surface area (Å²) in [6.07, 6.45) is 0. The lowest BCUT2D eigenvalue weighted by atomic mass is 10.1. The van der Waals surface area contributed by atoms with Gasteiger partial charge in [-0.15, -0.1) is 12.6 Å². The highest BCUT2D eigenvalue weighted by molar-refractivity contribution is 9.10. The van der Waals surface area contributed by atoms with E-state index in [0.717, 1.165) is 4.47 Å². The molecule has 0 radical (unpaired) electrons. The minimum absolute atomic E-state index is 0.307. The first-order valence-corrected chi connectivity index (χ1v) is 6.80. The van der Waals surface area contributed by atoms with Crippen LogP contribution in [0.4, 0.5) is 5.69 Å². The lowest BCUT2D eigenvalue weighted by Gasteiger charge is -2.16. The Bertz CT molecular complexity index is 679. The second-order valence-corrected chi connectivity index (χ2v) is 5.52. The maximum Gasteiger partial charge on any atom is 0.266 e. The van der Waals surface area contributed by atoms with Crippen LogP contribution in [0.2, 0.25) is 0 Å². The normalized spacial score (nSPS) is 13.9. The molecule has 0 aliphatic carbocycles. The van der Waals surface area contributed by atoms with Gasteiger partial charge in [-0.2, -0.15) is 0 Å². The number of halogens is 1. The van der Waals surface area contributed by atoms with Gasteiger partial charge in [0.2, 0.25) is 0 Å². The fraction of sp³-hybridized carbons (Fsp3) is 0. The molecule has 2 amide bonds. The zero-order valence-electron chi connectivity index (χ0n) is 9.63. The van der Waals surface area contributed by atoms with Gasteiger partial charge in [-0.25, -0.2) is 4.90 Å². The molecule has 0 atom stereocenters. The first kappa shape index (κ1) is 12.4. The van der Waals surface area contributed by atoms with Crippen molar-refractivity contribution in [2.75, 3.05) is 4.90 Å². The quantitative estimate of drug-likeness (QED) is 0.640. The Balaban J connectivity index is 2.14. The van der Waals surface area contributed by atoms with Crippen LogP contribution >= 0.6 is 28.6 Å². The summed E-state index contributed by atoms with van der Waals surface area (Å²) >= 11 is 7.65. The van der Waals surface area contributed by atoms with E-state index < -0.39 is 0 Å². The maximum absolute atomic E-state index is 12.3. The van der Waals surface area contributed by atoms with Gasteiger partial charge >= 0.3 is 0 Å². The van der Waals surface area contributed by atoms with E-state index in [2.05, 4.69) is 28.6 Å². The number of amides is 2. The molecule has 0 saturated heterocycles. The van der Waals surface area contributed by atoms with E-state index >= 15 is 0 Å². The van der Waals surface area contributed by atoms with Crippen LogP contribution in [0.15, 0.2) is 51.8 Å². The number of hydrogen-bond acceptors (Lipinski definition) is 3. The fourth-order valence-electron chi connectivity index (χ4n) is 2.09. The molecule has 0 unspecified atom stereocenters. The maximum atomic E-state index is 12.3. The van der Waals surface area contributed by atoms with E-state index in [1.165, 1.54) is 4.90 Å². The van der Waals surface area contributed by atoms with Crippen LogP contribution in [0.1, 0.15) is 20.7 Å². The molecule has 5 heteroatoms. The second kappa shape index (κ2) is 4.51. The highest BCUT2D eigenvalue weighted by Crippen LogP contribution is 2.33. The SMILES string of the molecule is O=C1c2ccccc2C(=O)N1c1ccc(Br)cc1S. The Morgan fingerprint density at radius 3 is 2.05 bits per heavy atom. The van der Waals surface area contributed by atoms with Gasteiger partial charge in [0.1, 0.15) is 0 Å². The predicted molar refractivity (Wildman–Crippen MR) is 79.0 cm³/mol. The molecule has 2 aromatic rings. The third-order valence-electron chi connectivity index (χ3n) is 2.97. The minimum atomic E-state index is -0.307. The highest BCUT2D eigenvalue weighted by atomic mass is 79.9. The third-order valence-corrected chi connectivity index (χ3v) is 3.82. The molecule has 0 saturated carbocycles. The third kappa shape index (κ3) is 1.89. The van der Waals surface area contributed by atoms with Crippen molar-refractivity contribution < 1.29 is 9.59 Å². The number of carbonyl (C=O) groups excluding carboxylic acids is 2. The molecule has 0 fully saturated rings. The summed E-state index contributed by atoms with van der Waals surface area (Å²) in [5.41, 5.74) is 1.36. The van der Waals surface area contributed by atoms with Crippen molar-refractivity contribution >= 4 is 46.1 Å². The molecule has 1 aliphatic rings. The summed E-state index contributed by atoms with van der Waals surface area (Å²) in [5, 5.41) is 0. The number of benzene rings is 2. The van der Waals surface area contributed by atoms with Crippen molar-refractivity contribution in [1.29, 1.82) is 0 Å². The summed E-state index contributed by atoms with van der Waals surface area (Å²) in [6.45, 7) is 0. The Kier molecular flexibility index (Phi) is 2.95. The van der Waals surface area contributed by atoms with Crippen molar-refractivity contribution in [3.63, 3.8) is 0 Å². The van der Waals surface area contributed by atoms with Crippen molar-refractivity contribution in [3.8, 4) is 0 Å². The second-order valence-electron chi connectivity index (χ2n) is 4.12. The van der Waals surface area contributed by atoms with E-state index in [-0.39, 0.29) is 11.8 Å². The lowest BCUT2D eigenvalue weighted by Crippen LogP contribution is -2.29. The Morgan fingerprint density at radius 2 is 1.53 bits per heavy atom. The molecule has 3 rings (SSSR count). The van der Waals surface area contributed by atoms with Crippen molar-refractivity contribution in [1.82, 2.24) is 0 Å². The van der Waals surface area contributed by atoms with Crippen LogP contribution in [0, 0.1) is 0 Å². The zero-order valence-corrected chi connectivity index (χ0v) is 12.1. The van der Waals surface area contributed by atoms with Gasteiger partial charge in [-0.1, -0.05) is 28.1 Å². The van der Waals surface area contributed by atoms with Gasteiger partial charge in [0.05, 0.1) is 16.8 Å². The first-order valence-electron chi connectivity index (χ1n) is 5.56. The number of hydrogen-bond donors (Lipinski definition) is 1. The van der Waals surface area contributed by atoms with Crippen molar-refractivity contribution in [2.24, 2.45) is 0 Å². The molecule has 1 heterocycles. The van der Waals surface area contributed by atoms with Gasteiger partial charge in [0.25, 0.3) is 11.8 Å². The Hall–Kier alpha value is -1.59. The van der Waals surface area contributed by atoms with Crippen LogP contribution in [-0.2, 0) is 0 Å². The summed E-state index contributed by atoms with van der Waals surface area (Å²) in [6, 6.07) is 12.0. The molecular weight excluding hydrogens is 326 g/mol. The van der Waals surface area contributed by atoms with Crippen LogP contribution in [0.25, 0.3) is 0 Å². The molecule has 94 valence electrons. The molecule has 19 heavy (non-hydrogen) atoms. The smallest absolute Gasteiger partial charge is 0.266 e. The largest absolute Gasteiger partial charge is 0.268 e. The predicted octanol–water partition coefficient (Wildman–Crippen LogP) is 3.54. The topological polar surface area (TPSA) is 37.4 Å². The minimum Gasteiger partial charge on any atom is -0.268 e. The monoisotopic (exact) mass is 333 g/mol. The molecule has 1 aliphatic heterocycles. The number of fused-ring (bicyclic) bond motifs is 1. The van der Waals surface area contributed by atoms with Gasteiger partial charge < -0.3 is 0 Å². The van der Waals surface area contributed by atoms with E-state index in [0.29, 0.717) is 21.7 Å². The Morgan fingerprint density at radius 1 is 0.947 bits per heavy atom. The molecule has 0 aromatic heterocycles. The number of thiol groups is 1. The van der Waals surface area contributed by atoms with E-state index in [4.69, 9.17) is 0 Å². The fourth-order valence-corrected chi connectivity index (χ4v) is 2.95. The first-order chi connectivity index (χ1) is 9.09. The van der Waals surface area contributed by atoms with Crippen LogP contribution in [-0.4, -0.2) is 11.8 Å². The number of rotatable bonds is 1.